The van der Waals surface area contributed by atoms with Crippen molar-refractivity contribution in [3.05, 3.63) is 29.1 Å². The second-order valence-corrected chi connectivity index (χ2v) is 28.7. The Balaban J connectivity index is 1.38. The zero-order chi connectivity index (χ0) is 89.2. The van der Waals surface area contributed by atoms with Gasteiger partial charge in [-0.15, -0.1) is 0 Å². The summed E-state index contributed by atoms with van der Waals surface area (Å²) in [6.45, 7) is 6.04. The van der Waals surface area contributed by atoms with Crippen LogP contribution in [-0.2, 0) is 124 Å². The molecule has 0 aliphatic carbocycles. The van der Waals surface area contributed by atoms with Gasteiger partial charge < -0.3 is 131 Å². The van der Waals surface area contributed by atoms with Crippen molar-refractivity contribution < 1.29 is 166 Å². The number of nitrogens with two attached hydrogens (primary N) is 3. The lowest BCUT2D eigenvalue weighted by atomic mass is 9.82. The fourth-order valence-corrected chi connectivity index (χ4v) is 12.4. The zero-order valence-electron chi connectivity index (χ0n) is 68.0. The Morgan fingerprint density at radius 1 is 0.350 bits per heavy atom. The summed E-state index contributed by atoms with van der Waals surface area (Å²) in [5.74, 6) is -23.4. The van der Waals surface area contributed by atoms with Gasteiger partial charge in [-0.25, -0.2) is 13.2 Å². The highest BCUT2D eigenvalue weighted by Gasteiger charge is 2.50. The molecular weight excluding hydrogens is 1620 g/mol. The van der Waals surface area contributed by atoms with Gasteiger partial charge in [0.1, 0.15) is 56.4 Å². The normalized spacial score (nSPS) is 23.1. The van der Waals surface area contributed by atoms with Crippen LogP contribution in [0, 0.1) is 29.1 Å². The van der Waals surface area contributed by atoms with Crippen LogP contribution in [0.15, 0.2) is 0 Å². The Morgan fingerprint density at radius 3 is 0.892 bits per heavy atom. The molecule has 0 bridgehead atoms. The molecule has 120 heavy (non-hydrogen) atoms. The molecule has 3 aliphatic rings. The van der Waals surface area contributed by atoms with Gasteiger partial charge in [-0.3, -0.25) is 67.1 Å². The monoisotopic (exact) mass is 1730 g/mol. The van der Waals surface area contributed by atoms with Crippen molar-refractivity contribution in [2.45, 2.75) is 274 Å². The number of nitrogens with one attached hydrogen (secondary N) is 7. The molecule has 7 amide bonds. The molecule has 1 aromatic rings. The Labute approximate surface area is 688 Å². The van der Waals surface area contributed by atoms with E-state index in [1.54, 1.807) is 0 Å². The van der Waals surface area contributed by atoms with Gasteiger partial charge in [0.15, 0.2) is 37.2 Å². The number of halogens is 5. The maximum Gasteiger partial charge on any atom is 0.311 e. The molecule has 0 aromatic heterocycles. The lowest BCUT2D eigenvalue weighted by Gasteiger charge is -2.42. The molecule has 0 spiro atoms. The number of esters is 7. The SMILES string of the molecule is CC(=O)OCC1OC(OCCCCC(=O)NCCCNC(=O)CCC(CCC(=O)NCCCNC(=O)CCCCOC2OC(COC(C)=O)C(OC(C)=O)C(O)C2N)(CCC(=O)NCCCNC(=O)CCCCOC2OC(COC(C)=O)C(OC(C)=O)C(O)C2N)NC(=O)CCCC(=O)Oc2c(F)c(F)c(F)c(F)c2F)C(N)C(O)C1OC(C)=O. The molecule has 3 saturated heterocycles. The third-order valence-corrected chi connectivity index (χ3v) is 18.7. The summed E-state index contributed by atoms with van der Waals surface area (Å²) in [5, 5.41) is 51.5. The average Bonchev–Trinajstić information content (AvgIpc) is 0.833. The highest BCUT2D eigenvalue weighted by atomic mass is 19.2. The van der Waals surface area contributed by atoms with Crippen molar-refractivity contribution in [2.75, 3.05) is 78.9 Å². The molecule has 3 heterocycles. The summed E-state index contributed by atoms with van der Waals surface area (Å²) in [5.41, 5.74) is 16.8. The molecule has 40 nitrogen and oxygen atoms in total. The summed E-state index contributed by atoms with van der Waals surface area (Å²) in [4.78, 5) is 176. The number of rotatable bonds is 54. The Morgan fingerprint density at radius 2 is 0.617 bits per heavy atom. The van der Waals surface area contributed by atoms with E-state index >= 15 is 0 Å². The smallest absolute Gasteiger partial charge is 0.311 e. The number of hydrogen-bond acceptors (Lipinski definition) is 33. The first-order chi connectivity index (χ1) is 56.8. The molecule has 15 unspecified atom stereocenters. The molecule has 0 radical (unpaired) electrons. The van der Waals surface area contributed by atoms with E-state index in [1.165, 1.54) is 0 Å². The zero-order valence-corrected chi connectivity index (χ0v) is 68.0. The van der Waals surface area contributed by atoms with Crippen LogP contribution in [0.5, 0.6) is 5.75 Å². The van der Waals surface area contributed by atoms with Crippen molar-refractivity contribution in [3.63, 3.8) is 0 Å². The second-order valence-electron chi connectivity index (χ2n) is 28.7. The molecule has 16 N–H and O–H groups in total. The van der Waals surface area contributed by atoms with Gasteiger partial charge in [-0.1, -0.05) is 0 Å². The molecule has 45 heteroatoms. The van der Waals surface area contributed by atoms with E-state index in [1.807, 2.05) is 0 Å². The lowest BCUT2D eigenvalue weighted by molar-refractivity contribution is -0.271. The summed E-state index contributed by atoms with van der Waals surface area (Å²) >= 11 is 0. The standard InChI is InChI=1S/C75H115F5N10O30/c1-40(91)111-37-46-68(114-43(4)94)65(105)62(81)72(117-46)108-34-10-7-17-49(97)84-28-14-31-87-52(100)22-25-75(90-55(103)20-13-21-56(104)120-71-60(79)58(77)57(76)59(78)61(71)80,26-23-53(101)88-32-15-29-85-50(98)18-8-11-35-109-73-63(82)66(106)69(115-44(5)95)47(118-73)38-112-41(2)92)27-24-54(102)89-33-16-30-86-51(99)19-9-12-36-110-74-64(83)67(107)70(116-45(6)96)48(119-74)39-113-42(3)93/h46-48,62-70,72-74,105-107H,7-39,81-83H2,1-6H3,(H,84,97)(H,85,98)(H,86,99)(H,87,100)(H,88,101)(H,89,102)(H,90,103). The van der Waals surface area contributed by atoms with Crippen LogP contribution in [0.4, 0.5) is 22.0 Å². The summed E-state index contributed by atoms with van der Waals surface area (Å²) in [6.07, 6.45) is -16.1. The number of carbonyl (C=O) groups is 14. The lowest BCUT2D eigenvalue weighted by Crippen LogP contribution is -2.63. The maximum atomic E-state index is 14.4. The molecular formula is C75H115F5N10O30. The number of carbonyl (C=O) groups excluding carboxylic acids is 14. The fraction of sp³-hybridized carbons (Fsp3) is 0.733. The average molecular weight is 1730 g/mol. The summed E-state index contributed by atoms with van der Waals surface area (Å²) in [6, 6.07) is -3.51. The van der Waals surface area contributed by atoms with Gasteiger partial charge >= 0.3 is 41.8 Å². The number of hydrogen-bond donors (Lipinski definition) is 13. The minimum Gasteiger partial charge on any atom is -0.463 e. The van der Waals surface area contributed by atoms with Crippen LogP contribution in [0.3, 0.4) is 0 Å². The van der Waals surface area contributed by atoms with E-state index in [0.29, 0.717) is 38.5 Å². The van der Waals surface area contributed by atoms with E-state index in [-0.39, 0.29) is 174 Å². The van der Waals surface area contributed by atoms with Crippen LogP contribution in [0.2, 0.25) is 0 Å². The van der Waals surface area contributed by atoms with E-state index < -0.39 is 217 Å². The van der Waals surface area contributed by atoms with Crippen LogP contribution in [0.1, 0.15) is 176 Å². The van der Waals surface area contributed by atoms with Crippen molar-refractivity contribution in [1.82, 2.24) is 37.2 Å². The third kappa shape index (κ3) is 37.9. The van der Waals surface area contributed by atoms with Crippen molar-refractivity contribution in [1.29, 1.82) is 0 Å². The second kappa shape index (κ2) is 54.4. The van der Waals surface area contributed by atoms with E-state index in [9.17, 15) is 104 Å². The van der Waals surface area contributed by atoms with Crippen LogP contribution < -0.4 is 59.2 Å². The number of benzene rings is 1. The molecule has 0 saturated carbocycles. The number of amides is 7. The molecule has 4 rings (SSSR count). The number of aliphatic hydroxyl groups is 3. The first-order valence-corrected chi connectivity index (χ1v) is 39.5. The molecule has 680 valence electrons. The van der Waals surface area contributed by atoms with Crippen LogP contribution in [0.25, 0.3) is 0 Å². The Bertz CT molecular complexity index is 3250. The number of aliphatic hydroxyl groups excluding tert-OH is 3. The first-order valence-electron chi connectivity index (χ1n) is 39.5. The minimum atomic E-state index is -2.51. The highest BCUT2D eigenvalue weighted by Crippen LogP contribution is 2.32. The van der Waals surface area contributed by atoms with Gasteiger partial charge in [-0.05, 0) is 83.5 Å². The van der Waals surface area contributed by atoms with Gasteiger partial charge in [-0.2, -0.15) is 8.78 Å². The van der Waals surface area contributed by atoms with Gasteiger partial charge in [0.25, 0.3) is 0 Å². The van der Waals surface area contributed by atoms with E-state index in [2.05, 4.69) is 42.0 Å². The Hall–Kier alpha value is -9.03. The highest BCUT2D eigenvalue weighted by molar-refractivity contribution is 5.81. The van der Waals surface area contributed by atoms with Crippen molar-refractivity contribution in [2.24, 2.45) is 17.2 Å². The van der Waals surface area contributed by atoms with Crippen LogP contribution >= 0.6 is 0 Å². The maximum absolute atomic E-state index is 14.4. The molecule has 1 aromatic carbocycles. The van der Waals surface area contributed by atoms with Gasteiger partial charge in [0.05, 0.1) is 18.1 Å². The number of unbranched alkanes of at least 4 members (excludes halogenated alkanes) is 3. The molecule has 3 aliphatic heterocycles. The van der Waals surface area contributed by atoms with Gasteiger partial charge in [0.2, 0.25) is 76.2 Å². The van der Waals surface area contributed by atoms with Crippen molar-refractivity contribution in [3.8, 4) is 5.75 Å². The predicted molar refractivity (Wildman–Crippen MR) is 400 cm³/mol. The summed E-state index contributed by atoms with van der Waals surface area (Å²) in [7, 11) is 0. The topological polar surface area (TPSA) is 582 Å². The van der Waals surface area contributed by atoms with Crippen molar-refractivity contribution >= 4 is 83.1 Å². The summed E-state index contributed by atoms with van der Waals surface area (Å²) < 4.78 is 140. The first kappa shape index (κ1) is 103. The largest absolute Gasteiger partial charge is 0.463 e. The molecule has 15 atom stereocenters. The number of ether oxygens (including phenoxy) is 13. The Kier molecular flexibility index (Phi) is 46.8. The quantitative estimate of drug-likeness (QED) is 0.00693. The predicted octanol–water partition coefficient (Wildman–Crippen LogP) is -1.19. The van der Waals surface area contributed by atoms with E-state index in [0.717, 1.165) is 41.5 Å². The third-order valence-electron chi connectivity index (χ3n) is 18.7. The molecule has 3 fully saturated rings. The fourth-order valence-electron chi connectivity index (χ4n) is 12.4. The van der Waals surface area contributed by atoms with Gasteiger partial charge in [0, 0.05) is 158 Å². The minimum absolute atomic E-state index is 0.0138. The van der Waals surface area contributed by atoms with Crippen LogP contribution in [-0.4, -0.2) is 275 Å². The van der Waals surface area contributed by atoms with E-state index in [4.69, 9.17) is 74.0 Å².